The molecule has 5 nitrogen and oxygen atoms in total. The number of hydrogen-bond donors (Lipinski definition) is 0. The van der Waals surface area contributed by atoms with E-state index in [1.54, 1.807) is 31.3 Å². The molecular formula is C10H12NO4S-. The summed E-state index contributed by atoms with van der Waals surface area (Å²) in [6.07, 6.45) is 0. The van der Waals surface area contributed by atoms with Gasteiger partial charge in [0.15, 0.2) is 0 Å². The molecule has 0 N–H and O–H groups in total. The van der Waals surface area contributed by atoms with E-state index in [0.29, 0.717) is 11.3 Å². The van der Waals surface area contributed by atoms with Crippen LogP contribution >= 0.6 is 0 Å². The number of rotatable bonds is 4. The molecular weight excluding hydrogens is 230 g/mol. The Labute approximate surface area is 96.3 Å². The van der Waals surface area contributed by atoms with Gasteiger partial charge in [-0.05, 0) is 29.3 Å². The highest BCUT2D eigenvalue weighted by Gasteiger charge is 2.07. The first kappa shape index (κ1) is 12.7. The van der Waals surface area contributed by atoms with E-state index in [0.717, 1.165) is 0 Å². The van der Waals surface area contributed by atoms with Crippen molar-refractivity contribution in [2.45, 2.75) is 0 Å². The Kier molecular flexibility index (Phi) is 4.45. The first-order chi connectivity index (χ1) is 7.54. The molecule has 1 rings (SSSR count). The quantitative estimate of drug-likeness (QED) is 0.575. The molecule has 0 amide bonds. The minimum absolute atomic E-state index is 0.120. The van der Waals surface area contributed by atoms with Gasteiger partial charge in [0.25, 0.3) is 0 Å². The maximum atomic E-state index is 11.2. The van der Waals surface area contributed by atoms with E-state index in [9.17, 15) is 13.6 Å². The van der Waals surface area contributed by atoms with Crippen LogP contribution in [0.3, 0.4) is 0 Å². The Morgan fingerprint density at radius 2 is 2.25 bits per heavy atom. The normalized spacial score (nSPS) is 11.9. The van der Waals surface area contributed by atoms with Crippen LogP contribution in [0.4, 0.5) is 5.69 Å². The lowest BCUT2D eigenvalue weighted by Crippen LogP contribution is -2.22. The van der Waals surface area contributed by atoms with E-state index >= 15 is 0 Å². The monoisotopic (exact) mass is 242 g/mol. The SMILES string of the molecule is COC(=O)c1cccc(N(C)CS(=O)[O-])c1. The summed E-state index contributed by atoms with van der Waals surface area (Å²) in [5.41, 5.74) is 1.04. The lowest BCUT2D eigenvalue weighted by molar-refractivity contribution is 0.0601. The second-order valence-electron chi connectivity index (χ2n) is 3.17. The second-order valence-corrected chi connectivity index (χ2v) is 4.04. The zero-order valence-corrected chi connectivity index (χ0v) is 9.82. The molecule has 0 radical (unpaired) electrons. The first-order valence-corrected chi connectivity index (χ1v) is 5.74. The molecule has 0 aromatic heterocycles. The molecule has 0 aliphatic carbocycles. The molecule has 88 valence electrons. The molecule has 0 aliphatic rings. The van der Waals surface area contributed by atoms with Crippen molar-refractivity contribution in [1.29, 1.82) is 0 Å². The van der Waals surface area contributed by atoms with Gasteiger partial charge in [0, 0.05) is 12.7 Å². The molecule has 1 aromatic rings. The average Bonchev–Trinajstić information content (AvgIpc) is 2.27. The van der Waals surface area contributed by atoms with Crippen LogP contribution in [0.15, 0.2) is 24.3 Å². The fourth-order valence-corrected chi connectivity index (χ4v) is 1.69. The van der Waals surface area contributed by atoms with Crippen molar-refractivity contribution < 1.29 is 18.3 Å². The van der Waals surface area contributed by atoms with Crippen molar-refractivity contribution in [3.05, 3.63) is 29.8 Å². The van der Waals surface area contributed by atoms with E-state index in [2.05, 4.69) is 4.74 Å². The van der Waals surface area contributed by atoms with Gasteiger partial charge in [-0.1, -0.05) is 6.07 Å². The van der Waals surface area contributed by atoms with Crippen molar-refractivity contribution in [2.75, 3.05) is 24.9 Å². The highest BCUT2D eigenvalue weighted by molar-refractivity contribution is 7.79. The summed E-state index contributed by atoms with van der Waals surface area (Å²) in [5.74, 6) is -0.566. The van der Waals surface area contributed by atoms with Crippen LogP contribution < -0.4 is 4.90 Å². The van der Waals surface area contributed by atoms with Gasteiger partial charge in [0.2, 0.25) is 0 Å². The summed E-state index contributed by atoms with van der Waals surface area (Å²) < 4.78 is 25.6. The maximum Gasteiger partial charge on any atom is 0.337 e. The number of esters is 1. The lowest BCUT2D eigenvalue weighted by Gasteiger charge is -2.20. The Morgan fingerprint density at radius 3 is 2.81 bits per heavy atom. The fourth-order valence-electron chi connectivity index (χ4n) is 1.22. The summed E-state index contributed by atoms with van der Waals surface area (Å²) >= 11 is -2.16. The number of carbonyl (C=O) groups is 1. The smallest absolute Gasteiger partial charge is 0.337 e. The highest BCUT2D eigenvalue weighted by atomic mass is 32.2. The van der Waals surface area contributed by atoms with E-state index in [1.807, 2.05) is 0 Å². The van der Waals surface area contributed by atoms with Gasteiger partial charge in [-0.2, -0.15) is 0 Å². The molecule has 0 fully saturated rings. The maximum absolute atomic E-state index is 11.2. The van der Waals surface area contributed by atoms with Crippen LogP contribution in [0, 0.1) is 0 Å². The molecule has 1 unspecified atom stereocenters. The van der Waals surface area contributed by atoms with Crippen LogP contribution in [0.25, 0.3) is 0 Å². The Bertz CT molecular complexity index is 408. The summed E-state index contributed by atoms with van der Waals surface area (Å²) in [6.45, 7) is 0. The summed E-state index contributed by atoms with van der Waals surface area (Å²) in [5, 5.41) is 0. The van der Waals surface area contributed by atoms with E-state index in [-0.39, 0.29) is 5.88 Å². The Balaban J connectivity index is 2.89. The number of ether oxygens (including phenoxy) is 1. The van der Waals surface area contributed by atoms with Crippen LogP contribution in [0.1, 0.15) is 10.4 Å². The van der Waals surface area contributed by atoms with Gasteiger partial charge in [0.05, 0.1) is 18.6 Å². The largest absolute Gasteiger partial charge is 0.771 e. The number of benzene rings is 1. The third-order valence-electron chi connectivity index (χ3n) is 2.01. The van der Waals surface area contributed by atoms with E-state index in [1.165, 1.54) is 12.0 Å². The number of anilines is 1. The van der Waals surface area contributed by atoms with Gasteiger partial charge >= 0.3 is 5.97 Å². The molecule has 6 heteroatoms. The van der Waals surface area contributed by atoms with Crippen LogP contribution in [-0.4, -0.2) is 34.8 Å². The van der Waals surface area contributed by atoms with Crippen molar-refractivity contribution in [1.82, 2.24) is 0 Å². The molecule has 0 saturated carbocycles. The van der Waals surface area contributed by atoms with Crippen molar-refractivity contribution in [2.24, 2.45) is 0 Å². The van der Waals surface area contributed by atoms with Crippen LogP contribution in [0.5, 0.6) is 0 Å². The number of carbonyl (C=O) groups excluding carboxylic acids is 1. The Morgan fingerprint density at radius 1 is 1.56 bits per heavy atom. The topological polar surface area (TPSA) is 69.7 Å². The van der Waals surface area contributed by atoms with E-state index in [4.69, 9.17) is 0 Å². The van der Waals surface area contributed by atoms with E-state index < -0.39 is 17.0 Å². The molecule has 1 aromatic carbocycles. The molecule has 0 aliphatic heterocycles. The third kappa shape index (κ3) is 3.32. The van der Waals surface area contributed by atoms with Crippen LogP contribution in [-0.2, 0) is 15.8 Å². The zero-order chi connectivity index (χ0) is 12.1. The predicted octanol–water partition coefficient (Wildman–Crippen LogP) is 0.746. The van der Waals surface area contributed by atoms with Gasteiger partial charge < -0.3 is 14.2 Å². The van der Waals surface area contributed by atoms with Gasteiger partial charge in [-0.15, -0.1) is 0 Å². The second kappa shape index (κ2) is 5.62. The summed E-state index contributed by atoms with van der Waals surface area (Å²) in [4.78, 5) is 12.8. The average molecular weight is 242 g/mol. The minimum Gasteiger partial charge on any atom is -0.771 e. The number of nitrogens with zero attached hydrogens (tertiary/aromatic N) is 1. The van der Waals surface area contributed by atoms with Crippen molar-refractivity contribution in [3.63, 3.8) is 0 Å². The molecule has 0 heterocycles. The van der Waals surface area contributed by atoms with Gasteiger partial charge in [-0.25, -0.2) is 4.79 Å². The molecule has 0 bridgehead atoms. The van der Waals surface area contributed by atoms with Crippen LogP contribution in [0.2, 0.25) is 0 Å². The third-order valence-corrected chi connectivity index (χ3v) is 2.61. The number of methoxy groups -OCH3 is 1. The van der Waals surface area contributed by atoms with Crippen molar-refractivity contribution in [3.8, 4) is 0 Å². The standard InChI is InChI=1S/C10H13NO4S/c1-11(7-16(13)14)9-5-3-4-8(6-9)10(12)15-2/h3-6H,7H2,1-2H3,(H,13,14)/p-1. The summed E-state index contributed by atoms with van der Waals surface area (Å²) in [6, 6.07) is 6.58. The highest BCUT2D eigenvalue weighted by Crippen LogP contribution is 2.15. The zero-order valence-electron chi connectivity index (χ0n) is 9.00. The minimum atomic E-state index is -2.16. The molecule has 0 spiro atoms. The Hall–Kier alpha value is -1.40. The van der Waals surface area contributed by atoms with Gasteiger partial charge in [-0.3, -0.25) is 4.21 Å². The lowest BCUT2D eigenvalue weighted by atomic mass is 10.2. The van der Waals surface area contributed by atoms with Crippen molar-refractivity contribution >= 4 is 22.7 Å². The predicted molar refractivity (Wildman–Crippen MR) is 60.0 cm³/mol. The molecule has 1 atom stereocenters. The molecule has 0 saturated heterocycles. The molecule has 16 heavy (non-hydrogen) atoms. The summed E-state index contributed by atoms with van der Waals surface area (Å²) in [7, 11) is 2.93. The fraction of sp³-hybridized carbons (Fsp3) is 0.300. The first-order valence-electron chi connectivity index (χ1n) is 4.50. The van der Waals surface area contributed by atoms with Gasteiger partial charge in [0.1, 0.15) is 0 Å². The number of hydrogen-bond acceptors (Lipinski definition) is 5.